The van der Waals surface area contributed by atoms with Crippen LogP contribution in [0.5, 0.6) is 0 Å². The molecule has 2 atom stereocenters. The van der Waals surface area contributed by atoms with Crippen LogP contribution in [0.4, 0.5) is 0 Å². The molecule has 2 fully saturated rings. The minimum atomic E-state index is -0.289. The Balaban J connectivity index is 1.78. The Morgan fingerprint density at radius 2 is 1.92 bits per heavy atom. The molecule has 2 aliphatic rings. The van der Waals surface area contributed by atoms with E-state index in [2.05, 4.69) is 9.80 Å². The number of rotatable bonds is 7. The molecule has 2 rings (SSSR count). The Morgan fingerprint density at radius 1 is 1.21 bits per heavy atom. The molecular weight excluding hydrogens is 308 g/mol. The average Bonchev–Trinajstić information content (AvgIpc) is 2.61. The number of ether oxygens (including phenoxy) is 1. The number of nitrogens with zero attached hydrogens (tertiary/aromatic N) is 3. The Morgan fingerprint density at radius 3 is 2.54 bits per heavy atom. The van der Waals surface area contributed by atoms with E-state index in [9.17, 15) is 9.59 Å². The first-order chi connectivity index (χ1) is 11.5. The molecule has 7 heteroatoms. The van der Waals surface area contributed by atoms with Crippen LogP contribution in [0.3, 0.4) is 0 Å². The standard InChI is InChI=1S/C17H32N4O3/c1-3-24-12-11-19-7-9-20(10-8-19)14(2)17(23)21-6-4-5-15(13-21)16(18)22/h14-15H,3-13H2,1-2H3,(H2,18,22)/t14-,15-/m0/s1. The molecule has 2 amide bonds. The molecular formula is C17H32N4O3. The molecule has 2 heterocycles. The van der Waals surface area contributed by atoms with Crippen molar-refractivity contribution in [3.05, 3.63) is 0 Å². The first-order valence-electron chi connectivity index (χ1n) is 9.15. The molecule has 0 aromatic heterocycles. The second-order valence-electron chi connectivity index (χ2n) is 6.78. The predicted molar refractivity (Wildman–Crippen MR) is 92.5 cm³/mol. The first-order valence-corrected chi connectivity index (χ1v) is 9.15. The van der Waals surface area contributed by atoms with Crippen LogP contribution in [0.2, 0.25) is 0 Å². The van der Waals surface area contributed by atoms with Crippen molar-refractivity contribution in [2.75, 3.05) is 59.0 Å². The minimum Gasteiger partial charge on any atom is -0.380 e. The Kier molecular flexibility index (Phi) is 7.45. The molecule has 0 aliphatic carbocycles. The van der Waals surface area contributed by atoms with Crippen LogP contribution in [0.1, 0.15) is 26.7 Å². The molecule has 2 aliphatic heterocycles. The van der Waals surface area contributed by atoms with Crippen molar-refractivity contribution in [1.82, 2.24) is 14.7 Å². The van der Waals surface area contributed by atoms with Crippen LogP contribution >= 0.6 is 0 Å². The number of primary amides is 1. The van der Waals surface area contributed by atoms with Gasteiger partial charge in [0.25, 0.3) is 0 Å². The largest absolute Gasteiger partial charge is 0.380 e. The third-order valence-corrected chi connectivity index (χ3v) is 5.20. The van der Waals surface area contributed by atoms with Gasteiger partial charge in [-0.1, -0.05) is 0 Å². The maximum atomic E-state index is 12.8. The molecule has 2 N–H and O–H groups in total. The Labute approximate surface area is 145 Å². The highest BCUT2D eigenvalue weighted by Crippen LogP contribution is 2.18. The van der Waals surface area contributed by atoms with Gasteiger partial charge >= 0.3 is 0 Å². The van der Waals surface area contributed by atoms with E-state index in [1.165, 1.54) is 0 Å². The summed E-state index contributed by atoms with van der Waals surface area (Å²) in [5.41, 5.74) is 5.41. The maximum absolute atomic E-state index is 12.8. The van der Waals surface area contributed by atoms with Gasteiger partial charge in [0.15, 0.2) is 0 Å². The van der Waals surface area contributed by atoms with E-state index >= 15 is 0 Å². The Hall–Kier alpha value is -1.18. The third-order valence-electron chi connectivity index (χ3n) is 5.20. The fraction of sp³-hybridized carbons (Fsp3) is 0.882. The van der Waals surface area contributed by atoms with Gasteiger partial charge in [0.1, 0.15) is 0 Å². The van der Waals surface area contributed by atoms with Crippen LogP contribution < -0.4 is 5.73 Å². The van der Waals surface area contributed by atoms with E-state index in [4.69, 9.17) is 10.5 Å². The zero-order valence-electron chi connectivity index (χ0n) is 15.1. The van der Waals surface area contributed by atoms with Crippen LogP contribution in [-0.4, -0.2) is 91.6 Å². The number of piperidine rings is 1. The predicted octanol–water partition coefficient (Wildman–Crippen LogP) is -0.247. The molecule has 2 saturated heterocycles. The molecule has 24 heavy (non-hydrogen) atoms. The summed E-state index contributed by atoms with van der Waals surface area (Å²) in [5.74, 6) is -0.350. The second-order valence-corrected chi connectivity index (χ2v) is 6.78. The van der Waals surface area contributed by atoms with Gasteiger partial charge in [-0.15, -0.1) is 0 Å². The topological polar surface area (TPSA) is 79.1 Å². The lowest BCUT2D eigenvalue weighted by Crippen LogP contribution is -2.56. The van der Waals surface area contributed by atoms with Crippen molar-refractivity contribution in [2.45, 2.75) is 32.7 Å². The molecule has 138 valence electrons. The summed E-state index contributed by atoms with van der Waals surface area (Å²) >= 11 is 0. The fourth-order valence-electron chi connectivity index (χ4n) is 3.54. The third kappa shape index (κ3) is 5.16. The van der Waals surface area contributed by atoms with E-state index in [1.807, 2.05) is 18.7 Å². The van der Waals surface area contributed by atoms with Gasteiger partial charge in [-0.05, 0) is 26.7 Å². The van der Waals surface area contributed by atoms with E-state index in [-0.39, 0.29) is 23.8 Å². The number of carbonyl (C=O) groups excluding carboxylic acids is 2. The van der Waals surface area contributed by atoms with Gasteiger partial charge in [0, 0.05) is 52.4 Å². The molecule has 0 radical (unpaired) electrons. The second kappa shape index (κ2) is 9.34. The van der Waals surface area contributed by atoms with Crippen LogP contribution in [-0.2, 0) is 14.3 Å². The monoisotopic (exact) mass is 340 g/mol. The molecule has 0 aromatic carbocycles. The summed E-state index contributed by atoms with van der Waals surface area (Å²) in [6.07, 6.45) is 1.66. The van der Waals surface area contributed by atoms with Gasteiger partial charge in [0.05, 0.1) is 18.6 Å². The van der Waals surface area contributed by atoms with Gasteiger partial charge in [-0.25, -0.2) is 0 Å². The summed E-state index contributed by atoms with van der Waals surface area (Å²) in [4.78, 5) is 30.6. The van der Waals surface area contributed by atoms with E-state index < -0.39 is 0 Å². The first kappa shape index (κ1) is 19.1. The number of likely N-dealkylation sites (tertiary alicyclic amines) is 1. The molecule has 0 bridgehead atoms. The highest BCUT2D eigenvalue weighted by atomic mass is 16.5. The highest BCUT2D eigenvalue weighted by Gasteiger charge is 2.32. The number of amides is 2. The van der Waals surface area contributed by atoms with Crippen LogP contribution in [0.25, 0.3) is 0 Å². The normalized spacial score (nSPS) is 24.8. The van der Waals surface area contributed by atoms with Gasteiger partial charge in [-0.3, -0.25) is 19.4 Å². The minimum absolute atomic E-state index is 0.128. The van der Waals surface area contributed by atoms with E-state index in [1.54, 1.807) is 0 Å². The summed E-state index contributed by atoms with van der Waals surface area (Å²) in [6, 6.07) is -0.134. The summed E-state index contributed by atoms with van der Waals surface area (Å²) < 4.78 is 5.40. The average molecular weight is 340 g/mol. The molecule has 0 unspecified atom stereocenters. The summed E-state index contributed by atoms with van der Waals surface area (Å²) in [7, 11) is 0. The van der Waals surface area contributed by atoms with Crippen molar-refractivity contribution >= 4 is 11.8 Å². The molecule has 0 saturated carbocycles. The summed E-state index contributed by atoms with van der Waals surface area (Å²) in [5, 5.41) is 0. The molecule has 7 nitrogen and oxygen atoms in total. The van der Waals surface area contributed by atoms with Gasteiger partial charge < -0.3 is 15.4 Å². The number of piperazine rings is 1. The quantitative estimate of drug-likeness (QED) is 0.647. The zero-order valence-corrected chi connectivity index (χ0v) is 15.1. The zero-order chi connectivity index (χ0) is 17.5. The van der Waals surface area contributed by atoms with Gasteiger partial charge in [0.2, 0.25) is 11.8 Å². The number of nitrogens with two attached hydrogens (primary N) is 1. The number of carbonyl (C=O) groups is 2. The van der Waals surface area contributed by atoms with Crippen molar-refractivity contribution in [1.29, 1.82) is 0 Å². The van der Waals surface area contributed by atoms with E-state index in [0.717, 1.165) is 65.3 Å². The smallest absolute Gasteiger partial charge is 0.239 e. The lowest BCUT2D eigenvalue weighted by Gasteiger charge is -2.40. The fourth-order valence-corrected chi connectivity index (χ4v) is 3.54. The highest BCUT2D eigenvalue weighted by molar-refractivity contribution is 5.83. The van der Waals surface area contributed by atoms with Crippen molar-refractivity contribution in [3.8, 4) is 0 Å². The number of hydrogen-bond donors (Lipinski definition) is 1. The Bertz CT molecular complexity index is 424. The van der Waals surface area contributed by atoms with Crippen LogP contribution in [0.15, 0.2) is 0 Å². The van der Waals surface area contributed by atoms with Gasteiger partial charge in [-0.2, -0.15) is 0 Å². The SMILES string of the molecule is CCOCCN1CCN([C@@H](C)C(=O)N2CCC[C@H](C(N)=O)C2)CC1. The summed E-state index contributed by atoms with van der Waals surface area (Å²) in [6.45, 7) is 11.4. The lowest BCUT2D eigenvalue weighted by atomic mass is 9.97. The van der Waals surface area contributed by atoms with Crippen molar-refractivity contribution in [2.24, 2.45) is 11.7 Å². The van der Waals surface area contributed by atoms with Crippen LogP contribution in [0, 0.1) is 5.92 Å². The molecule has 0 aromatic rings. The van der Waals surface area contributed by atoms with E-state index in [0.29, 0.717) is 6.54 Å². The number of hydrogen-bond acceptors (Lipinski definition) is 5. The maximum Gasteiger partial charge on any atom is 0.239 e. The lowest BCUT2D eigenvalue weighted by molar-refractivity contribution is -0.140. The van der Waals surface area contributed by atoms with Crippen molar-refractivity contribution in [3.63, 3.8) is 0 Å². The molecule has 0 spiro atoms. The van der Waals surface area contributed by atoms with Crippen molar-refractivity contribution < 1.29 is 14.3 Å².